The van der Waals surface area contributed by atoms with Gasteiger partial charge in [-0.25, -0.2) is 0 Å². The summed E-state index contributed by atoms with van der Waals surface area (Å²) in [5.41, 5.74) is 8.70. The summed E-state index contributed by atoms with van der Waals surface area (Å²) in [7, 11) is 1.71. The molecule has 0 heterocycles. The van der Waals surface area contributed by atoms with E-state index in [1.54, 1.807) is 7.11 Å². The molecule has 0 saturated heterocycles. The Hall–Kier alpha value is -1.94. The summed E-state index contributed by atoms with van der Waals surface area (Å²) in [6.07, 6.45) is 3.13. The number of rotatable bonds is 10. The molecule has 0 radical (unpaired) electrons. The molecule has 154 valence electrons. The average Bonchev–Trinajstić information content (AvgIpc) is 2.77. The van der Waals surface area contributed by atoms with Crippen LogP contribution < -0.4 is 10.5 Å². The third-order valence-corrected chi connectivity index (χ3v) is 6.40. The van der Waals surface area contributed by atoms with E-state index in [-0.39, 0.29) is 17.8 Å². The first-order chi connectivity index (χ1) is 13.8. The third-order valence-electron chi connectivity index (χ3n) is 5.30. The summed E-state index contributed by atoms with van der Waals surface area (Å²) in [4.78, 5) is 1.33. The largest absolute Gasteiger partial charge is 0.497 e. The lowest BCUT2D eigenvalue weighted by atomic mass is 9.69. The number of benzene rings is 3. The predicted molar refractivity (Wildman–Crippen MR) is 128 cm³/mol. The van der Waals surface area contributed by atoms with Gasteiger partial charge in [-0.3, -0.25) is 0 Å². The Balaban J connectivity index is 0.00000300. The Morgan fingerprint density at radius 2 is 1.38 bits per heavy atom. The molecule has 3 aromatic carbocycles. The van der Waals surface area contributed by atoms with Gasteiger partial charge in [-0.1, -0.05) is 60.7 Å². The molecule has 0 spiro atoms. The molecule has 0 aromatic heterocycles. The first-order valence-corrected chi connectivity index (χ1v) is 10.8. The van der Waals surface area contributed by atoms with Crippen LogP contribution >= 0.6 is 24.2 Å². The van der Waals surface area contributed by atoms with E-state index in [0.717, 1.165) is 30.8 Å². The Morgan fingerprint density at radius 1 is 0.793 bits per heavy atom. The first-order valence-electron chi connectivity index (χ1n) is 9.86. The van der Waals surface area contributed by atoms with Gasteiger partial charge in [0, 0.05) is 10.3 Å². The van der Waals surface area contributed by atoms with Crippen molar-refractivity contribution in [1.82, 2.24) is 0 Å². The zero-order valence-electron chi connectivity index (χ0n) is 16.9. The van der Waals surface area contributed by atoms with Crippen LogP contribution in [0, 0.1) is 0 Å². The highest BCUT2D eigenvalue weighted by Gasteiger charge is 2.33. The minimum atomic E-state index is -0.0699. The van der Waals surface area contributed by atoms with Crippen molar-refractivity contribution >= 4 is 24.2 Å². The minimum Gasteiger partial charge on any atom is -0.497 e. The molecule has 29 heavy (non-hydrogen) atoms. The predicted octanol–water partition coefficient (Wildman–Crippen LogP) is 6.32. The van der Waals surface area contributed by atoms with E-state index in [1.807, 2.05) is 11.8 Å². The zero-order chi connectivity index (χ0) is 19.7. The molecule has 1 atom stereocenters. The lowest BCUT2D eigenvalue weighted by Crippen LogP contribution is -2.31. The second-order valence-corrected chi connectivity index (χ2v) is 8.15. The molecule has 0 amide bonds. The molecule has 0 aliphatic rings. The molecule has 4 heteroatoms. The maximum Gasteiger partial charge on any atom is 0.118 e. The van der Waals surface area contributed by atoms with Crippen LogP contribution in [-0.2, 0) is 5.41 Å². The van der Waals surface area contributed by atoms with Gasteiger partial charge in [-0.05, 0) is 67.0 Å². The molecule has 2 nitrogen and oxygen atoms in total. The minimum absolute atomic E-state index is 0. The van der Waals surface area contributed by atoms with Crippen molar-refractivity contribution in [2.45, 2.75) is 29.6 Å². The van der Waals surface area contributed by atoms with Crippen LogP contribution in [0.15, 0.2) is 89.8 Å². The quantitative estimate of drug-likeness (QED) is 0.303. The highest BCUT2D eigenvalue weighted by atomic mass is 35.5. The number of hydrogen-bond donors (Lipinski definition) is 1. The molecule has 0 fully saturated rings. The summed E-state index contributed by atoms with van der Waals surface area (Å²) in [5.74, 6) is 1.98. The fourth-order valence-electron chi connectivity index (χ4n) is 3.86. The van der Waals surface area contributed by atoms with E-state index in [0.29, 0.717) is 6.54 Å². The second-order valence-electron chi connectivity index (χ2n) is 6.98. The van der Waals surface area contributed by atoms with Gasteiger partial charge >= 0.3 is 0 Å². The molecule has 0 aliphatic carbocycles. The number of methoxy groups -OCH3 is 1. The maximum atomic E-state index is 6.11. The number of hydrogen-bond acceptors (Lipinski definition) is 3. The monoisotopic (exact) mass is 427 g/mol. The van der Waals surface area contributed by atoms with E-state index in [9.17, 15) is 0 Å². The Kier molecular flexibility index (Phi) is 9.59. The third kappa shape index (κ3) is 6.02. The van der Waals surface area contributed by atoms with Crippen LogP contribution in [0.1, 0.15) is 30.4 Å². The van der Waals surface area contributed by atoms with Gasteiger partial charge in [-0.15, -0.1) is 24.2 Å². The summed E-state index contributed by atoms with van der Waals surface area (Å²) in [6, 6.07) is 30.0. The van der Waals surface area contributed by atoms with Crippen molar-refractivity contribution in [3.63, 3.8) is 0 Å². The highest BCUT2D eigenvalue weighted by Crippen LogP contribution is 2.41. The van der Waals surface area contributed by atoms with Crippen molar-refractivity contribution in [3.8, 4) is 5.75 Å². The van der Waals surface area contributed by atoms with Crippen molar-refractivity contribution in [1.29, 1.82) is 0 Å². The molecule has 3 aromatic rings. The Labute approximate surface area is 185 Å². The van der Waals surface area contributed by atoms with Gasteiger partial charge in [0.25, 0.3) is 0 Å². The summed E-state index contributed by atoms with van der Waals surface area (Å²) < 4.78 is 5.37. The standard InChI is InChI=1S/C25H29NOS.ClH/c1-27-23-15-13-22(14-16-23)25(18-19-26,21-9-4-2-5-10-21)17-8-20-28-24-11-6-3-7-12-24;/h2-7,9-16H,8,17-20,26H2,1H3;1H. The van der Waals surface area contributed by atoms with E-state index in [1.165, 1.54) is 16.0 Å². The number of nitrogens with two attached hydrogens (primary N) is 1. The van der Waals surface area contributed by atoms with Gasteiger partial charge in [0.05, 0.1) is 7.11 Å². The van der Waals surface area contributed by atoms with E-state index in [2.05, 4.69) is 84.9 Å². The molecule has 2 N–H and O–H groups in total. The summed E-state index contributed by atoms with van der Waals surface area (Å²) in [5, 5.41) is 0. The van der Waals surface area contributed by atoms with Gasteiger partial charge in [0.15, 0.2) is 0 Å². The number of ether oxygens (including phenoxy) is 1. The fourth-order valence-corrected chi connectivity index (χ4v) is 4.74. The van der Waals surface area contributed by atoms with Gasteiger partial charge in [-0.2, -0.15) is 0 Å². The van der Waals surface area contributed by atoms with E-state index in [4.69, 9.17) is 10.5 Å². The second kappa shape index (κ2) is 11.9. The smallest absolute Gasteiger partial charge is 0.118 e. The summed E-state index contributed by atoms with van der Waals surface area (Å²) in [6.45, 7) is 0.659. The number of halogens is 1. The van der Waals surface area contributed by atoms with Gasteiger partial charge < -0.3 is 10.5 Å². The van der Waals surface area contributed by atoms with E-state index < -0.39 is 0 Å². The zero-order valence-corrected chi connectivity index (χ0v) is 18.6. The van der Waals surface area contributed by atoms with E-state index >= 15 is 0 Å². The molecular weight excluding hydrogens is 398 g/mol. The highest BCUT2D eigenvalue weighted by molar-refractivity contribution is 7.99. The first kappa shape index (κ1) is 23.3. The molecule has 0 aliphatic heterocycles. The molecule has 3 rings (SSSR count). The topological polar surface area (TPSA) is 35.2 Å². The molecule has 0 saturated carbocycles. The van der Waals surface area contributed by atoms with Crippen LogP contribution in [0.25, 0.3) is 0 Å². The van der Waals surface area contributed by atoms with Crippen molar-refractivity contribution in [3.05, 3.63) is 96.1 Å². The van der Waals surface area contributed by atoms with Crippen molar-refractivity contribution in [2.24, 2.45) is 5.73 Å². The van der Waals surface area contributed by atoms with Gasteiger partial charge in [0.1, 0.15) is 5.75 Å². The van der Waals surface area contributed by atoms with Gasteiger partial charge in [0.2, 0.25) is 0 Å². The van der Waals surface area contributed by atoms with Crippen molar-refractivity contribution < 1.29 is 4.74 Å². The summed E-state index contributed by atoms with van der Waals surface area (Å²) >= 11 is 1.92. The van der Waals surface area contributed by atoms with Crippen LogP contribution in [0.3, 0.4) is 0 Å². The molecule has 0 bridgehead atoms. The molecule has 1 unspecified atom stereocenters. The Morgan fingerprint density at radius 3 is 1.97 bits per heavy atom. The van der Waals surface area contributed by atoms with Crippen LogP contribution in [0.4, 0.5) is 0 Å². The fraction of sp³-hybridized carbons (Fsp3) is 0.280. The van der Waals surface area contributed by atoms with Crippen LogP contribution in [0.2, 0.25) is 0 Å². The Bertz CT molecular complexity index is 826. The lowest BCUT2D eigenvalue weighted by molar-refractivity contribution is 0.411. The number of thioether (sulfide) groups is 1. The molecular formula is C25H30ClNOS. The normalized spacial score (nSPS) is 12.6. The maximum absolute atomic E-state index is 6.11. The average molecular weight is 428 g/mol. The van der Waals surface area contributed by atoms with Crippen molar-refractivity contribution in [2.75, 3.05) is 19.4 Å². The SMILES string of the molecule is COc1ccc(C(CCN)(CCCSc2ccccc2)c2ccccc2)cc1.Cl. The van der Waals surface area contributed by atoms with Crippen LogP contribution in [0.5, 0.6) is 5.75 Å². The lowest BCUT2D eigenvalue weighted by Gasteiger charge is -2.35. The van der Waals surface area contributed by atoms with Crippen LogP contribution in [-0.4, -0.2) is 19.4 Å².